The molecule has 80 valence electrons. The maximum Gasteiger partial charge on any atom is 0.105 e. The Morgan fingerprint density at radius 2 is 1.54 bits per heavy atom. The largest absolute Gasteiger partial charge is 0.316 e. The fourth-order valence-electron chi connectivity index (χ4n) is 1.03. The van der Waals surface area contributed by atoms with Crippen LogP contribution in [0.25, 0.3) is 0 Å². The van der Waals surface area contributed by atoms with Gasteiger partial charge in [-0.15, -0.1) is 0 Å². The van der Waals surface area contributed by atoms with Gasteiger partial charge in [0.1, 0.15) is 16.0 Å². The lowest BCUT2D eigenvalue weighted by Crippen LogP contribution is -2.55. The zero-order valence-corrected chi connectivity index (χ0v) is 11.1. The average molecular weight is 203 g/mol. The monoisotopic (exact) mass is 203 g/mol. The molecule has 0 radical (unpaired) electrons. The molecule has 0 atom stereocenters. The molecule has 0 aliphatic heterocycles. The number of nitrogens with one attached hydrogen (secondary N) is 3. The molecule has 0 heterocycles. The van der Waals surface area contributed by atoms with Gasteiger partial charge in [-0.2, -0.15) is 0 Å². The second-order valence-electron chi connectivity index (χ2n) is 4.49. The molecular weight excluding hydrogens is 178 g/mol. The van der Waals surface area contributed by atoms with E-state index in [1.165, 1.54) is 0 Å². The van der Waals surface area contributed by atoms with Crippen molar-refractivity contribution in [1.82, 2.24) is 15.6 Å². The normalized spacial score (nSPS) is 13.4. The Balaban J connectivity index is 3.68. The molecule has 0 unspecified atom stereocenters. The van der Waals surface area contributed by atoms with E-state index in [-0.39, 0.29) is 9.68 Å². The molecule has 0 fully saturated rings. The molecule has 0 aromatic rings. The molecule has 0 spiro atoms. The third kappa shape index (κ3) is 8.43. The minimum atomic E-state index is -0.213. The Bertz CT molecular complexity index is 117. The van der Waals surface area contributed by atoms with E-state index in [1.807, 2.05) is 0 Å². The van der Waals surface area contributed by atoms with Crippen molar-refractivity contribution in [2.75, 3.05) is 13.1 Å². The molecule has 0 aliphatic rings. The summed E-state index contributed by atoms with van der Waals surface area (Å²) in [4.78, 5) is 3.58. The third-order valence-electron chi connectivity index (χ3n) is 1.65. The average Bonchev–Trinajstić information content (AvgIpc) is 2.00. The van der Waals surface area contributed by atoms with Crippen LogP contribution in [0, 0.1) is 0 Å². The fourth-order valence-corrected chi connectivity index (χ4v) is 2.14. The molecule has 0 aromatic carbocycles. The summed E-state index contributed by atoms with van der Waals surface area (Å²) in [6.07, 6.45) is 0.306. The molecule has 4 heteroatoms. The van der Waals surface area contributed by atoms with Crippen molar-refractivity contribution in [3.63, 3.8) is 0 Å². The van der Waals surface area contributed by atoms with Gasteiger partial charge in [0, 0.05) is 0 Å². The van der Waals surface area contributed by atoms with Crippen LogP contribution in [-0.4, -0.2) is 29.1 Å². The lowest BCUT2D eigenvalue weighted by atomic mass is 10.3. The highest BCUT2D eigenvalue weighted by Gasteiger charge is 2.13. The zero-order chi connectivity index (χ0) is 10.3. The third-order valence-corrected chi connectivity index (χ3v) is 3.33. The molecule has 13 heavy (non-hydrogen) atoms. The van der Waals surface area contributed by atoms with Gasteiger partial charge in [-0.3, -0.25) is 10.6 Å². The van der Waals surface area contributed by atoms with Gasteiger partial charge in [0.05, 0.1) is 0 Å². The van der Waals surface area contributed by atoms with E-state index in [2.05, 4.69) is 50.2 Å². The van der Waals surface area contributed by atoms with Crippen molar-refractivity contribution in [2.24, 2.45) is 0 Å². The molecule has 3 nitrogen and oxygen atoms in total. The number of rotatable bonds is 6. The van der Waals surface area contributed by atoms with Gasteiger partial charge in [0.25, 0.3) is 0 Å². The van der Waals surface area contributed by atoms with Gasteiger partial charge >= 0.3 is 0 Å². The Morgan fingerprint density at radius 3 is 1.85 bits per heavy atom. The van der Waals surface area contributed by atoms with Gasteiger partial charge < -0.3 is 4.98 Å². The van der Waals surface area contributed by atoms with Crippen molar-refractivity contribution in [1.29, 1.82) is 0 Å². The molecule has 0 bridgehead atoms. The highest BCUT2D eigenvalue weighted by molar-refractivity contribution is 6.36. The van der Waals surface area contributed by atoms with Crippen molar-refractivity contribution < 1.29 is 0 Å². The first-order valence-electron chi connectivity index (χ1n) is 5.19. The summed E-state index contributed by atoms with van der Waals surface area (Å²) in [7, 11) is -0.213. The van der Waals surface area contributed by atoms with Gasteiger partial charge in [-0.1, -0.05) is 34.6 Å². The van der Waals surface area contributed by atoms with Crippen LogP contribution >= 0.6 is 0 Å². The summed E-state index contributed by atoms with van der Waals surface area (Å²) >= 11 is 0. The highest BCUT2D eigenvalue weighted by Crippen LogP contribution is 2.17. The Morgan fingerprint density at radius 1 is 1.08 bits per heavy atom. The summed E-state index contributed by atoms with van der Waals surface area (Å²) in [5, 5.41) is 7.21. The maximum absolute atomic E-state index is 3.58. The molecule has 0 saturated heterocycles. The summed E-state index contributed by atoms with van der Waals surface area (Å²) in [6, 6.07) is 0. The van der Waals surface area contributed by atoms with Crippen molar-refractivity contribution >= 4 is 9.68 Å². The van der Waals surface area contributed by atoms with Crippen LogP contribution in [0.5, 0.6) is 0 Å². The van der Waals surface area contributed by atoms with E-state index in [9.17, 15) is 0 Å². The van der Waals surface area contributed by atoms with Crippen molar-refractivity contribution in [3.05, 3.63) is 0 Å². The Kier molecular flexibility index (Phi) is 6.58. The smallest absolute Gasteiger partial charge is 0.105 e. The second-order valence-corrected chi connectivity index (χ2v) is 7.37. The summed E-state index contributed by atoms with van der Waals surface area (Å²) < 4.78 is 0. The first kappa shape index (κ1) is 13.1. The first-order chi connectivity index (χ1) is 5.99. The lowest BCUT2D eigenvalue weighted by Gasteiger charge is -2.25. The topological polar surface area (TPSA) is 36.1 Å². The zero-order valence-electron chi connectivity index (χ0n) is 9.70. The quantitative estimate of drug-likeness (QED) is 0.431. The molecule has 0 amide bonds. The fraction of sp³-hybridized carbons (Fsp3) is 1.00. The van der Waals surface area contributed by atoms with Crippen LogP contribution in [0.1, 0.15) is 34.6 Å². The second kappa shape index (κ2) is 6.54. The predicted octanol–water partition coefficient (Wildman–Crippen LogP) is 0.381. The van der Waals surface area contributed by atoms with E-state index in [0.29, 0.717) is 11.3 Å². The highest BCUT2D eigenvalue weighted by atomic mass is 28.2. The molecular formula is C9H25N3Si. The molecule has 0 aliphatic carbocycles. The van der Waals surface area contributed by atoms with Crippen molar-refractivity contribution in [2.45, 2.75) is 45.9 Å². The summed E-state index contributed by atoms with van der Waals surface area (Å²) in [5.41, 5.74) is 0. The Hall–Kier alpha value is 0.0969. The first-order valence-corrected chi connectivity index (χ1v) is 6.61. The van der Waals surface area contributed by atoms with Crippen LogP contribution in [0.3, 0.4) is 0 Å². The molecule has 0 rings (SSSR count). The van der Waals surface area contributed by atoms with Crippen LogP contribution in [0.2, 0.25) is 5.04 Å². The van der Waals surface area contributed by atoms with Crippen LogP contribution < -0.4 is 15.6 Å². The van der Waals surface area contributed by atoms with Crippen LogP contribution in [-0.2, 0) is 0 Å². The molecule has 3 N–H and O–H groups in total. The SMILES string of the molecule is CCNC(NCC)N[SiH2]C(C)(C)C. The van der Waals surface area contributed by atoms with E-state index in [0.717, 1.165) is 13.1 Å². The van der Waals surface area contributed by atoms with E-state index < -0.39 is 0 Å². The lowest BCUT2D eigenvalue weighted by molar-refractivity contribution is 0.421. The van der Waals surface area contributed by atoms with Crippen molar-refractivity contribution in [3.8, 4) is 0 Å². The van der Waals surface area contributed by atoms with Crippen LogP contribution in [0.4, 0.5) is 0 Å². The minimum absolute atomic E-state index is 0.213. The molecule has 0 saturated carbocycles. The van der Waals surface area contributed by atoms with Gasteiger partial charge in [0.2, 0.25) is 0 Å². The standard InChI is InChI=1S/C9H25N3Si/c1-6-10-8(11-7-2)12-13-9(3,4)5/h8,10-12H,6-7,13H2,1-5H3. The number of hydrogen-bond acceptors (Lipinski definition) is 3. The van der Waals surface area contributed by atoms with Gasteiger partial charge in [-0.25, -0.2) is 0 Å². The Labute approximate surface area is 85.0 Å². The maximum atomic E-state index is 3.58. The summed E-state index contributed by atoms with van der Waals surface area (Å²) in [6.45, 7) is 13.1. The van der Waals surface area contributed by atoms with Crippen LogP contribution in [0.15, 0.2) is 0 Å². The number of hydrogen-bond donors (Lipinski definition) is 3. The van der Waals surface area contributed by atoms with Gasteiger partial charge in [-0.05, 0) is 18.1 Å². The van der Waals surface area contributed by atoms with E-state index in [4.69, 9.17) is 0 Å². The van der Waals surface area contributed by atoms with Gasteiger partial charge in [0.15, 0.2) is 0 Å². The van der Waals surface area contributed by atoms with E-state index >= 15 is 0 Å². The predicted molar refractivity (Wildman–Crippen MR) is 62.5 cm³/mol. The minimum Gasteiger partial charge on any atom is -0.316 e. The van der Waals surface area contributed by atoms with E-state index in [1.54, 1.807) is 0 Å². The molecule has 0 aromatic heterocycles. The summed E-state index contributed by atoms with van der Waals surface area (Å²) in [5.74, 6) is 0.